The quantitative estimate of drug-likeness (QED) is 0.843. The van der Waals surface area contributed by atoms with Gasteiger partial charge in [0.25, 0.3) is 5.91 Å². The number of aromatic nitrogens is 3. The minimum Gasteiger partial charge on any atom is -0.328 e. The van der Waals surface area contributed by atoms with Gasteiger partial charge < -0.3 is 10.2 Å². The number of rotatable bonds is 4. The lowest BCUT2D eigenvalue weighted by molar-refractivity contribution is -0.111. The summed E-state index contributed by atoms with van der Waals surface area (Å²) in [5, 5.41) is 9.69. The Bertz CT molecular complexity index is 783. The van der Waals surface area contributed by atoms with Crippen LogP contribution >= 0.6 is 0 Å². The molecule has 1 aromatic carbocycles. The second-order valence-corrected chi connectivity index (χ2v) is 5.71. The normalized spacial score (nSPS) is 16.9. The molecule has 0 spiro atoms. The van der Waals surface area contributed by atoms with E-state index in [0.717, 1.165) is 18.7 Å². The van der Waals surface area contributed by atoms with Crippen LogP contribution < -0.4 is 5.32 Å². The third kappa shape index (κ3) is 3.19. The van der Waals surface area contributed by atoms with E-state index in [0.29, 0.717) is 23.6 Å². The number of carbonyl (C=O) groups is 2. The molecule has 0 bridgehead atoms. The van der Waals surface area contributed by atoms with Crippen LogP contribution in [0.5, 0.6) is 0 Å². The molecule has 7 heteroatoms. The van der Waals surface area contributed by atoms with Crippen molar-refractivity contribution < 1.29 is 9.59 Å². The van der Waals surface area contributed by atoms with E-state index < -0.39 is 0 Å². The maximum atomic E-state index is 12.9. The third-order valence-electron chi connectivity index (χ3n) is 3.99. The van der Waals surface area contributed by atoms with Crippen molar-refractivity contribution >= 4 is 17.5 Å². The standard InChI is InChI=1S/C17H19N5O2/c1-3-15(23)19-13-7-4-6-12(10-13)17(24)22-9-5-8-14(22)16-18-11(2)20-21-16/h3-4,6-7,10,14H,1,5,8-9H2,2H3,(H,19,23)(H,18,20,21)/t14-/m1/s1. The highest BCUT2D eigenvalue weighted by molar-refractivity contribution is 6.00. The van der Waals surface area contributed by atoms with Crippen LogP contribution in [-0.2, 0) is 4.79 Å². The summed E-state index contributed by atoms with van der Waals surface area (Å²) in [5.74, 6) is 0.984. The first-order valence-corrected chi connectivity index (χ1v) is 7.82. The number of likely N-dealkylation sites (tertiary alicyclic amines) is 1. The van der Waals surface area contributed by atoms with Gasteiger partial charge in [0.05, 0.1) is 6.04 Å². The molecule has 0 saturated carbocycles. The zero-order valence-electron chi connectivity index (χ0n) is 13.5. The molecule has 2 amide bonds. The van der Waals surface area contributed by atoms with Gasteiger partial charge in [0.1, 0.15) is 5.82 Å². The molecule has 24 heavy (non-hydrogen) atoms. The number of anilines is 1. The maximum absolute atomic E-state index is 12.9. The first-order valence-electron chi connectivity index (χ1n) is 7.82. The second-order valence-electron chi connectivity index (χ2n) is 5.71. The molecule has 3 rings (SSSR count). The first kappa shape index (κ1) is 15.9. The van der Waals surface area contributed by atoms with Crippen LogP contribution in [0.25, 0.3) is 0 Å². The van der Waals surface area contributed by atoms with Crippen molar-refractivity contribution in [1.29, 1.82) is 0 Å². The molecule has 2 N–H and O–H groups in total. The summed E-state index contributed by atoms with van der Waals surface area (Å²) < 4.78 is 0. The van der Waals surface area contributed by atoms with Crippen LogP contribution in [-0.4, -0.2) is 38.4 Å². The number of nitrogens with one attached hydrogen (secondary N) is 2. The first-order chi connectivity index (χ1) is 11.6. The Morgan fingerprint density at radius 1 is 1.46 bits per heavy atom. The van der Waals surface area contributed by atoms with E-state index >= 15 is 0 Å². The van der Waals surface area contributed by atoms with Gasteiger partial charge in [0.2, 0.25) is 5.91 Å². The molecule has 0 unspecified atom stereocenters. The van der Waals surface area contributed by atoms with Crippen molar-refractivity contribution in [2.75, 3.05) is 11.9 Å². The van der Waals surface area contributed by atoms with E-state index in [2.05, 4.69) is 27.1 Å². The van der Waals surface area contributed by atoms with Gasteiger partial charge in [-0.1, -0.05) is 12.6 Å². The van der Waals surface area contributed by atoms with Crippen molar-refractivity contribution in [3.63, 3.8) is 0 Å². The van der Waals surface area contributed by atoms with Gasteiger partial charge in [-0.25, -0.2) is 4.98 Å². The fourth-order valence-electron chi connectivity index (χ4n) is 2.88. The average molecular weight is 325 g/mol. The smallest absolute Gasteiger partial charge is 0.254 e. The summed E-state index contributed by atoms with van der Waals surface area (Å²) in [4.78, 5) is 30.4. The van der Waals surface area contributed by atoms with Crippen molar-refractivity contribution in [3.05, 3.63) is 54.1 Å². The monoisotopic (exact) mass is 325 g/mol. The lowest BCUT2D eigenvalue weighted by Gasteiger charge is -2.22. The van der Waals surface area contributed by atoms with Crippen molar-refractivity contribution in [1.82, 2.24) is 20.1 Å². The van der Waals surface area contributed by atoms with Crippen LogP contribution in [0.3, 0.4) is 0 Å². The van der Waals surface area contributed by atoms with E-state index in [1.165, 1.54) is 6.08 Å². The number of amides is 2. The molecule has 0 radical (unpaired) electrons. The molecule has 1 aliphatic heterocycles. The Hall–Kier alpha value is -2.96. The minimum atomic E-state index is -0.310. The molecule has 1 aliphatic rings. The topological polar surface area (TPSA) is 91.0 Å². The molecular weight excluding hydrogens is 306 g/mol. The number of aryl methyl sites for hydroxylation is 1. The summed E-state index contributed by atoms with van der Waals surface area (Å²) in [6.45, 7) is 5.92. The number of nitrogens with zero attached hydrogens (tertiary/aromatic N) is 3. The Kier molecular flexibility index (Phi) is 4.41. The van der Waals surface area contributed by atoms with Crippen LogP contribution in [0.15, 0.2) is 36.9 Å². The highest BCUT2D eigenvalue weighted by atomic mass is 16.2. The SMILES string of the molecule is C=CC(=O)Nc1cccc(C(=O)N2CCC[C@@H]2c2n[nH]c(C)n2)c1. The lowest BCUT2D eigenvalue weighted by atomic mass is 10.1. The van der Waals surface area contributed by atoms with E-state index in [1.807, 2.05) is 6.92 Å². The largest absolute Gasteiger partial charge is 0.328 e. The highest BCUT2D eigenvalue weighted by Gasteiger charge is 2.33. The van der Waals surface area contributed by atoms with Crippen molar-refractivity contribution in [3.8, 4) is 0 Å². The Balaban J connectivity index is 1.81. The number of hydrogen-bond donors (Lipinski definition) is 2. The molecular formula is C17H19N5O2. The predicted molar refractivity (Wildman–Crippen MR) is 89.4 cm³/mol. The van der Waals surface area contributed by atoms with Gasteiger partial charge in [-0.05, 0) is 44.0 Å². The summed E-state index contributed by atoms with van der Waals surface area (Å²) in [6, 6.07) is 6.77. The lowest BCUT2D eigenvalue weighted by Crippen LogP contribution is -2.31. The van der Waals surface area contributed by atoms with Gasteiger partial charge in [0.15, 0.2) is 5.82 Å². The van der Waals surface area contributed by atoms with E-state index in [-0.39, 0.29) is 17.9 Å². The van der Waals surface area contributed by atoms with Crippen LogP contribution in [0.1, 0.15) is 40.9 Å². The summed E-state index contributed by atoms with van der Waals surface area (Å²) >= 11 is 0. The second kappa shape index (κ2) is 6.66. The van der Waals surface area contributed by atoms with Gasteiger partial charge in [-0.15, -0.1) is 0 Å². The predicted octanol–water partition coefficient (Wildman–Crippen LogP) is 2.21. The number of carbonyl (C=O) groups excluding carboxylic acids is 2. The van der Waals surface area contributed by atoms with Crippen LogP contribution in [0.4, 0.5) is 5.69 Å². The zero-order valence-corrected chi connectivity index (χ0v) is 13.5. The Morgan fingerprint density at radius 2 is 2.29 bits per heavy atom. The number of hydrogen-bond acceptors (Lipinski definition) is 4. The molecule has 1 saturated heterocycles. The van der Waals surface area contributed by atoms with E-state index in [4.69, 9.17) is 0 Å². The minimum absolute atomic E-state index is 0.0883. The van der Waals surface area contributed by atoms with Gasteiger partial charge in [-0.2, -0.15) is 5.10 Å². The molecule has 0 aliphatic carbocycles. The summed E-state index contributed by atoms with van der Waals surface area (Å²) in [5.41, 5.74) is 1.09. The fraction of sp³-hybridized carbons (Fsp3) is 0.294. The maximum Gasteiger partial charge on any atom is 0.254 e. The molecule has 7 nitrogen and oxygen atoms in total. The average Bonchev–Trinajstić information content (AvgIpc) is 3.22. The molecule has 1 aromatic heterocycles. The summed E-state index contributed by atoms with van der Waals surface area (Å²) in [6.07, 6.45) is 2.95. The van der Waals surface area contributed by atoms with Gasteiger partial charge in [0, 0.05) is 17.8 Å². The zero-order chi connectivity index (χ0) is 17.1. The van der Waals surface area contributed by atoms with Crippen molar-refractivity contribution in [2.45, 2.75) is 25.8 Å². The fourth-order valence-corrected chi connectivity index (χ4v) is 2.88. The highest BCUT2D eigenvalue weighted by Crippen LogP contribution is 2.31. The molecule has 2 heterocycles. The Labute approximate surface area is 139 Å². The number of H-pyrrole nitrogens is 1. The third-order valence-corrected chi connectivity index (χ3v) is 3.99. The molecule has 124 valence electrons. The summed E-state index contributed by atoms with van der Waals surface area (Å²) in [7, 11) is 0. The van der Waals surface area contributed by atoms with Crippen molar-refractivity contribution in [2.24, 2.45) is 0 Å². The molecule has 1 atom stereocenters. The molecule has 1 fully saturated rings. The van der Waals surface area contributed by atoms with E-state index in [1.54, 1.807) is 29.2 Å². The van der Waals surface area contributed by atoms with Crippen LogP contribution in [0.2, 0.25) is 0 Å². The van der Waals surface area contributed by atoms with Gasteiger partial charge in [-0.3, -0.25) is 14.7 Å². The van der Waals surface area contributed by atoms with Gasteiger partial charge >= 0.3 is 0 Å². The number of aromatic amines is 1. The Morgan fingerprint density at radius 3 is 3.00 bits per heavy atom. The van der Waals surface area contributed by atoms with E-state index in [9.17, 15) is 9.59 Å². The van der Waals surface area contributed by atoms with Crippen LogP contribution in [0, 0.1) is 6.92 Å². The molecule has 2 aromatic rings. The number of benzene rings is 1.